The molecule has 5 rings (SSSR count). The number of hydrogen-bond donors (Lipinski definition) is 2. The molecule has 0 spiro atoms. The van der Waals surface area contributed by atoms with Crippen LogP contribution in [0.4, 0.5) is 5.69 Å². The van der Waals surface area contributed by atoms with E-state index in [4.69, 9.17) is 0 Å². The lowest BCUT2D eigenvalue weighted by molar-refractivity contribution is -0.117. The average Bonchev–Trinajstić information content (AvgIpc) is 3.48. The summed E-state index contributed by atoms with van der Waals surface area (Å²) in [5.74, 6) is 0.0468. The monoisotopic (exact) mass is 428 g/mol. The van der Waals surface area contributed by atoms with E-state index in [-0.39, 0.29) is 23.7 Å². The molecule has 2 aromatic carbocycles. The van der Waals surface area contributed by atoms with E-state index in [9.17, 15) is 9.59 Å². The Morgan fingerprint density at radius 3 is 2.74 bits per heavy atom. The number of benzene rings is 2. The molecule has 2 unspecified atom stereocenters. The van der Waals surface area contributed by atoms with Crippen LogP contribution in [0.2, 0.25) is 0 Å². The highest BCUT2D eigenvalue weighted by Gasteiger charge is 2.43. The predicted octanol–water partition coefficient (Wildman–Crippen LogP) is 4.36. The van der Waals surface area contributed by atoms with Crippen molar-refractivity contribution in [3.8, 4) is 0 Å². The maximum atomic E-state index is 12.6. The SMILES string of the molecule is O=C(NCc1ccccn1)c1ccc(C2CC2C(=O)Nc2ccc3cnsc3c2)cc1. The van der Waals surface area contributed by atoms with Crippen LogP contribution in [-0.4, -0.2) is 21.2 Å². The quantitative estimate of drug-likeness (QED) is 0.478. The fourth-order valence-corrected chi connectivity index (χ4v) is 4.37. The Morgan fingerprint density at radius 1 is 1.06 bits per heavy atom. The number of hydrogen-bond acceptors (Lipinski definition) is 5. The number of nitrogens with zero attached hydrogens (tertiary/aromatic N) is 2. The molecule has 0 aliphatic heterocycles. The molecule has 154 valence electrons. The lowest BCUT2D eigenvalue weighted by Crippen LogP contribution is -2.23. The zero-order valence-electron chi connectivity index (χ0n) is 16.6. The first kappa shape index (κ1) is 19.4. The predicted molar refractivity (Wildman–Crippen MR) is 121 cm³/mol. The zero-order chi connectivity index (χ0) is 21.2. The molecule has 1 aliphatic rings. The average molecular weight is 429 g/mol. The van der Waals surface area contributed by atoms with Gasteiger partial charge in [-0.05, 0) is 71.9 Å². The zero-order valence-corrected chi connectivity index (χ0v) is 17.4. The van der Waals surface area contributed by atoms with Gasteiger partial charge in [0.05, 0.1) is 16.9 Å². The largest absolute Gasteiger partial charge is 0.346 e. The van der Waals surface area contributed by atoms with Gasteiger partial charge in [-0.1, -0.05) is 18.2 Å². The second-order valence-corrected chi connectivity index (χ2v) is 8.48. The third-order valence-electron chi connectivity index (χ3n) is 5.51. The minimum atomic E-state index is -0.138. The van der Waals surface area contributed by atoms with Gasteiger partial charge in [-0.2, -0.15) is 4.37 Å². The fraction of sp³-hybridized carbons (Fsp3) is 0.167. The van der Waals surface area contributed by atoms with E-state index in [0.29, 0.717) is 12.1 Å². The molecule has 1 aliphatic carbocycles. The van der Waals surface area contributed by atoms with Crippen LogP contribution < -0.4 is 10.6 Å². The number of fused-ring (bicyclic) bond motifs is 1. The normalized spacial score (nSPS) is 17.3. The maximum Gasteiger partial charge on any atom is 0.251 e. The van der Waals surface area contributed by atoms with Crippen LogP contribution >= 0.6 is 11.5 Å². The van der Waals surface area contributed by atoms with Crippen molar-refractivity contribution in [3.63, 3.8) is 0 Å². The number of rotatable bonds is 6. The third-order valence-corrected chi connectivity index (χ3v) is 6.27. The summed E-state index contributed by atoms with van der Waals surface area (Å²) in [6.07, 6.45) is 4.35. The summed E-state index contributed by atoms with van der Waals surface area (Å²) in [7, 11) is 0. The summed E-state index contributed by atoms with van der Waals surface area (Å²) in [5, 5.41) is 6.97. The van der Waals surface area contributed by atoms with Crippen molar-refractivity contribution < 1.29 is 9.59 Å². The minimum Gasteiger partial charge on any atom is -0.346 e. The van der Waals surface area contributed by atoms with Gasteiger partial charge in [-0.15, -0.1) is 0 Å². The number of amides is 2. The molecular formula is C24H20N4O2S. The molecule has 1 fully saturated rings. The van der Waals surface area contributed by atoms with E-state index in [1.54, 1.807) is 6.20 Å². The van der Waals surface area contributed by atoms with Gasteiger partial charge < -0.3 is 10.6 Å². The summed E-state index contributed by atoms with van der Waals surface area (Å²) in [4.78, 5) is 29.2. The Hall–Kier alpha value is -3.58. The Balaban J connectivity index is 1.17. The van der Waals surface area contributed by atoms with Gasteiger partial charge in [-0.3, -0.25) is 14.6 Å². The molecule has 4 aromatic rings. The standard InChI is InChI=1S/C24H20N4O2S/c29-23(26-14-19-3-1-2-10-25-19)16-6-4-15(5-7-16)20-12-21(20)24(30)28-18-9-8-17-13-27-31-22(17)11-18/h1-11,13,20-21H,12,14H2,(H,26,29)(H,28,30). The van der Waals surface area contributed by atoms with E-state index < -0.39 is 0 Å². The van der Waals surface area contributed by atoms with Gasteiger partial charge in [0.2, 0.25) is 5.91 Å². The van der Waals surface area contributed by atoms with Crippen LogP contribution in [0.1, 0.15) is 34.0 Å². The first-order chi connectivity index (χ1) is 15.2. The highest BCUT2D eigenvalue weighted by atomic mass is 32.1. The molecule has 0 radical (unpaired) electrons. The first-order valence-electron chi connectivity index (χ1n) is 10.1. The lowest BCUT2D eigenvalue weighted by Gasteiger charge is -2.07. The van der Waals surface area contributed by atoms with E-state index in [1.165, 1.54) is 11.5 Å². The van der Waals surface area contributed by atoms with Crippen molar-refractivity contribution >= 4 is 39.1 Å². The molecule has 2 aromatic heterocycles. The first-order valence-corrected chi connectivity index (χ1v) is 10.9. The third kappa shape index (κ3) is 4.32. The van der Waals surface area contributed by atoms with Crippen LogP contribution in [0.15, 0.2) is 73.1 Å². The van der Waals surface area contributed by atoms with E-state index in [0.717, 1.165) is 33.5 Å². The maximum absolute atomic E-state index is 12.6. The number of pyridine rings is 1. The molecule has 2 N–H and O–H groups in total. The molecule has 0 bridgehead atoms. The molecule has 31 heavy (non-hydrogen) atoms. The summed E-state index contributed by atoms with van der Waals surface area (Å²) in [6, 6.07) is 19.0. The van der Waals surface area contributed by atoms with Crippen molar-refractivity contribution in [3.05, 3.63) is 89.9 Å². The van der Waals surface area contributed by atoms with Gasteiger partial charge in [-0.25, -0.2) is 0 Å². The Labute approximate surface area is 183 Å². The van der Waals surface area contributed by atoms with Crippen LogP contribution in [0.5, 0.6) is 0 Å². The summed E-state index contributed by atoms with van der Waals surface area (Å²) in [5.41, 5.74) is 3.29. The Morgan fingerprint density at radius 2 is 1.94 bits per heavy atom. The molecule has 2 atom stereocenters. The molecular weight excluding hydrogens is 408 g/mol. The second-order valence-electron chi connectivity index (χ2n) is 7.64. The van der Waals surface area contributed by atoms with Crippen molar-refractivity contribution in [2.75, 3.05) is 5.32 Å². The van der Waals surface area contributed by atoms with E-state index in [2.05, 4.69) is 20.0 Å². The van der Waals surface area contributed by atoms with E-state index in [1.807, 2.05) is 66.9 Å². The molecule has 0 saturated heterocycles. The van der Waals surface area contributed by atoms with Crippen LogP contribution in [0.25, 0.3) is 10.1 Å². The molecule has 2 heterocycles. The summed E-state index contributed by atoms with van der Waals surface area (Å²) >= 11 is 1.42. The number of carbonyl (C=O) groups excluding carboxylic acids is 2. The number of anilines is 1. The molecule has 7 heteroatoms. The van der Waals surface area contributed by atoms with Crippen LogP contribution in [-0.2, 0) is 11.3 Å². The van der Waals surface area contributed by atoms with E-state index >= 15 is 0 Å². The summed E-state index contributed by atoms with van der Waals surface area (Å²) in [6.45, 7) is 0.389. The van der Waals surface area contributed by atoms with Gasteiger partial charge in [0.1, 0.15) is 0 Å². The lowest BCUT2D eigenvalue weighted by atomic mass is 10.1. The van der Waals surface area contributed by atoms with Gasteiger partial charge in [0.25, 0.3) is 5.91 Å². The van der Waals surface area contributed by atoms with Gasteiger partial charge >= 0.3 is 0 Å². The van der Waals surface area contributed by atoms with Crippen molar-refractivity contribution in [1.29, 1.82) is 0 Å². The van der Waals surface area contributed by atoms with Gasteiger partial charge in [0.15, 0.2) is 0 Å². The second kappa shape index (κ2) is 8.28. The number of nitrogens with one attached hydrogen (secondary N) is 2. The smallest absolute Gasteiger partial charge is 0.251 e. The Bertz CT molecular complexity index is 1240. The van der Waals surface area contributed by atoms with Crippen molar-refractivity contribution in [1.82, 2.24) is 14.7 Å². The van der Waals surface area contributed by atoms with Crippen molar-refractivity contribution in [2.24, 2.45) is 5.92 Å². The Kier molecular flexibility index (Phi) is 5.18. The van der Waals surface area contributed by atoms with Crippen LogP contribution in [0, 0.1) is 5.92 Å². The number of carbonyl (C=O) groups is 2. The fourth-order valence-electron chi connectivity index (χ4n) is 3.68. The highest BCUT2D eigenvalue weighted by Crippen LogP contribution is 2.48. The number of aromatic nitrogens is 2. The van der Waals surface area contributed by atoms with Crippen molar-refractivity contribution in [2.45, 2.75) is 18.9 Å². The molecule has 2 amide bonds. The highest BCUT2D eigenvalue weighted by molar-refractivity contribution is 7.13. The molecule has 1 saturated carbocycles. The molecule has 6 nitrogen and oxygen atoms in total. The summed E-state index contributed by atoms with van der Waals surface area (Å²) < 4.78 is 5.22. The topological polar surface area (TPSA) is 84.0 Å². The minimum absolute atomic E-state index is 0.0334. The van der Waals surface area contributed by atoms with Crippen LogP contribution in [0.3, 0.4) is 0 Å². The van der Waals surface area contributed by atoms with Gasteiger partial charge in [0, 0.05) is 34.9 Å².